The molecular formula is C22H21N5O2. The number of anilines is 1. The van der Waals surface area contributed by atoms with Gasteiger partial charge in [-0.05, 0) is 56.2 Å². The second-order valence-electron chi connectivity index (χ2n) is 7.28. The van der Waals surface area contributed by atoms with Crippen molar-refractivity contribution in [1.82, 2.24) is 19.3 Å². The molecule has 0 saturated heterocycles. The van der Waals surface area contributed by atoms with Crippen molar-refractivity contribution < 1.29 is 4.79 Å². The van der Waals surface area contributed by atoms with E-state index in [1.54, 1.807) is 7.05 Å². The predicted octanol–water partition coefficient (Wildman–Crippen LogP) is 3.30. The number of carbonyl (C=O) groups is 1. The Labute approximate surface area is 167 Å². The molecule has 7 heteroatoms. The molecule has 0 radical (unpaired) electrons. The van der Waals surface area contributed by atoms with Gasteiger partial charge in [-0.25, -0.2) is 9.67 Å². The van der Waals surface area contributed by atoms with Gasteiger partial charge < -0.3 is 9.88 Å². The standard InChI is InChI=1S/C22H21N5O2/c1-13-5-7-17(8-6-13)27-20-18(23-12-26(4)22(20)29)19(25-27)21(28)24-16-10-14(2)9-15(3)11-16/h5-12H,1-4H3,(H,24,28). The number of aryl methyl sites for hydroxylation is 4. The van der Waals surface area contributed by atoms with Crippen molar-refractivity contribution in [3.8, 4) is 5.69 Å². The van der Waals surface area contributed by atoms with E-state index in [1.807, 2.05) is 63.2 Å². The zero-order valence-corrected chi connectivity index (χ0v) is 16.7. The first-order valence-electron chi connectivity index (χ1n) is 9.24. The minimum absolute atomic E-state index is 0.109. The number of fused-ring (bicyclic) bond motifs is 1. The predicted molar refractivity (Wildman–Crippen MR) is 113 cm³/mol. The highest BCUT2D eigenvalue weighted by molar-refractivity contribution is 6.10. The summed E-state index contributed by atoms with van der Waals surface area (Å²) in [6.45, 7) is 5.92. The second kappa shape index (κ2) is 7.01. The van der Waals surface area contributed by atoms with Gasteiger partial charge in [0.05, 0.1) is 12.0 Å². The van der Waals surface area contributed by atoms with Crippen molar-refractivity contribution in [2.75, 3.05) is 5.32 Å². The van der Waals surface area contributed by atoms with Crippen molar-refractivity contribution in [2.24, 2.45) is 7.05 Å². The van der Waals surface area contributed by atoms with Crippen LogP contribution in [-0.4, -0.2) is 25.2 Å². The highest BCUT2D eigenvalue weighted by Crippen LogP contribution is 2.20. The van der Waals surface area contributed by atoms with Gasteiger partial charge in [-0.2, -0.15) is 5.10 Å². The lowest BCUT2D eigenvalue weighted by Crippen LogP contribution is -2.19. The lowest BCUT2D eigenvalue weighted by molar-refractivity contribution is 0.102. The van der Waals surface area contributed by atoms with Crippen LogP contribution in [0.4, 0.5) is 5.69 Å². The number of rotatable bonds is 3. The number of amides is 1. The molecule has 2 aromatic carbocycles. The smallest absolute Gasteiger partial charge is 0.279 e. The Morgan fingerprint density at radius 3 is 2.28 bits per heavy atom. The largest absolute Gasteiger partial charge is 0.321 e. The van der Waals surface area contributed by atoms with Crippen LogP contribution < -0.4 is 10.9 Å². The van der Waals surface area contributed by atoms with Crippen LogP contribution in [-0.2, 0) is 7.05 Å². The Hall–Kier alpha value is -3.74. The molecule has 0 bridgehead atoms. The zero-order valence-electron chi connectivity index (χ0n) is 16.7. The van der Waals surface area contributed by atoms with Crippen LogP contribution in [0.2, 0.25) is 0 Å². The molecule has 29 heavy (non-hydrogen) atoms. The topological polar surface area (TPSA) is 81.8 Å². The van der Waals surface area contributed by atoms with E-state index in [4.69, 9.17) is 0 Å². The third-order valence-corrected chi connectivity index (χ3v) is 4.72. The highest BCUT2D eigenvalue weighted by Gasteiger charge is 2.22. The van der Waals surface area contributed by atoms with Gasteiger partial charge in [0.25, 0.3) is 11.5 Å². The van der Waals surface area contributed by atoms with Gasteiger partial charge >= 0.3 is 0 Å². The van der Waals surface area contributed by atoms with Crippen LogP contribution in [0.1, 0.15) is 27.2 Å². The molecule has 1 N–H and O–H groups in total. The number of benzene rings is 2. The Kier molecular flexibility index (Phi) is 4.50. The molecule has 146 valence electrons. The first-order chi connectivity index (χ1) is 13.8. The summed E-state index contributed by atoms with van der Waals surface area (Å²) in [7, 11) is 1.62. The maximum absolute atomic E-state index is 13.0. The molecule has 0 unspecified atom stereocenters. The molecular weight excluding hydrogens is 366 g/mol. The molecule has 2 aromatic heterocycles. The van der Waals surface area contributed by atoms with Gasteiger partial charge in [0, 0.05) is 12.7 Å². The molecule has 7 nitrogen and oxygen atoms in total. The third-order valence-electron chi connectivity index (χ3n) is 4.72. The van der Waals surface area contributed by atoms with Crippen LogP contribution in [0.5, 0.6) is 0 Å². The fourth-order valence-electron chi connectivity index (χ4n) is 3.35. The summed E-state index contributed by atoms with van der Waals surface area (Å²) in [6.07, 6.45) is 1.40. The minimum atomic E-state index is -0.411. The number of hydrogen-bond donors (Lipinski definition) is 1. The molecule has 4 rings (SSSR count). The van der Waals surface area contributed by atoms with Gasteiger partial charge in [-0.3, -0.25) is 9.59 Å². The van der Waals surface area contributed by atoms with E-state index in [2.05, 4.69) is 15.4 Å². The molecule has 0 atom stereocenters. The molecule has 2 heterocycles. The monoisotopic (exact) mass is 387 g/mol. The molecule has 1 amide bonds. The number of aromatic nitrogens is 4. The van der Waals surface area contributed by atoms with Gasteiger partial charge in [0.2, 0.25) is 0 Å². The van der Waals surface area contributed by atoms with Gasteiger partial charge in [-0.15, -0.1) is 0 Å². The summed E-state index contributed by atoms with van der Waals surface area (Å²) in [6, 6.07) is 13.4. The van der Waals surface area contributed by atoms with Crippen molar-refractivity contribution >= 4 is 22.6 Å². The lowest BCUT2D eigenvalue weighted by Gasteiger charge is -2.06. The second-order valence-corrected chi connectivity index (χ2v) is 7.28. The van der Waals surface area contributed by atoms with Crippen LogP contribution >= 0.6 is 0 Å². The van der Waals surface area contributed by atoms with E-state index in [0.29, 0.717) is 11.4 Å². The number of hydrogen-bond acceptors (Lipinski definition) is 4. The summed E-state index contributed by atoms with van der Waals surface area (Å²) in [5.41, 5.74) is 4.92. The van der Waals surface area contributed by atoms with Gasteiger partial charge in [0.1, 0.15) is 5.52 Å². The summed E-state index contributed by atoms with van der Waals surface area (Å²) < 4.78 is 2.86. The zero-order chi connectivity index (χ0) is 20.7. The fourth-order valence-corrected chi connectivity index (χ4v) is 3.35. The van der Waals surface area contributed by atoms with Gasteiger partial charge in [-0.1, -0.05) is 23.8 Å². The summed E-state index contributed by atoms with van der Waals surface area (Å²) >= 11 is 0. The first kappa shape index (κ1) is 18.6. The van der Waals surface area contributed by atoms with Crippen molar-refractivity contribution in [3.63, 3.8) is 0 Å². The van der Waals surface area contributed by atoms with E-state index in [9.17, 15) is 9.59 Å². The Morgan fingerprint density at radius 1 is 0.966 bits per heavy atom. The average Bonchev–Trinajstić information content (AvgIpc) is 3.05. The molecule has 4 aromatic rings. The summed E-state index contributed by atoms with van der Waals surface area (Å²) in [4.78, 5) is 30.1. The third kappa shape index (κ3) is 3.42. The normalized spacial score (nSPS) is 11.0. The first-order valence-corrected chi connectivity index (χ1v) is 9.24. The Morgan fingerprint density at radius 2 is 1.62 bits per heavy atom. The van der Waals surface area contributed by atoms with Crippen LogP contribution in [0.25, 0.3) is 16.7 Å². The highest BCUT2D eigenvalue weighted by atomic mass is 16.2. The van der Waals surface area contributed by atoms with Crippen molar-refractivity contribution in [1.29, 1.82) is 0 Å². The van der Waals surface area contributed by atoms with Crippen molar-refractivity contribution in [2.45, 2.75) is 20.8 Å². The quantitative estimate of drug-likeness (QED) is 0.585. The molecule has 0 aliphatic carbocycles. The molecule has 0 spiro atoms. The Balaban J connectivity index is 1.86. The molecule has 0 aliphatic heterocycles. The van der Waals surface area contributed by atoms with E-state index in [0.717, 1.165) is 16.7 Å². The van der Waals surface area contributed by atoms with Crippen LogP contribution in [0.15, 0.2) is 53.6 Å². The fraction of sp³-hybridized carbons (Fsp3) is 0.182. The summed E-state index contributed by atoms with van der Waals surface area (Å²) in [5, 5.41) is 7.34. The Bertz CT molecular complexity index is 1280. The van der Waals surface area contributed by atoms with E-state index in [-0.39, 0.29) is 22.3 Å². The number of nitrogens with zero attached hydrogens (tertiary/aromatic N) is 4. The van der Waals surface area contributed by atoms with Crippen LogP contribution in [0.3, 0.4) is 0 Å². The molecule has 0 aliphatic rings. The number of carbonyl (C=O) groups excluding carboxylic acids is 1. The maximum atomic E-state index is 13.0. The molecule has 0 fully saturated rings. The lowest BCUT2D eigenvalue weighted by atomic mass is 10.1. The van der Waals surface area contributed by atoms with Crippen LogP contribution in [0, 0.1) is 20.8 Å². The maximum Gasteiger partial charge on any atom is 0.279 e. The van der Waals surface area contributed by atoms with E-state index < -0.39 is 5.91 Å². The van der Waals surface area contributed by atoms with E-state index in [1.165, 1.54) is 15.6 Å². The molecule has 0 saturated carbocycles. The van der Waals surface area contributed by atoms with E-state index >= 15 is 0 Å². The summed E-state index contributed by atoms with van der Waals surface area (Å²) in [5.74, 6) is -0.411. The van der Waals surface area contributed by atoms with Gasteiger partial charge in [0.15, 0.2) is 11.2 Å². The minimum Gasteiger partial charge on any atom is -0.321 e. The van der Waals surface area contributed by atoms with Crippen molar-refractivity contribution in [3.05, 3.63) is 81.5 Å². The number of nitrogens with one attached hydrogen (secondary N) is 1. The SMILES string of the molecule is Cc1ccc(-n2nc(C(=O)Nc3cc(C)cc(C)c3)c3ncn(C)c(=O)c32)cc1. The average molecular weight is 387 g/mol.